The molecule has 24 heavy (non-hydrogen) atoms. The summed E-state index contributed by atoms with van der Waals surface area (Å²) >= 11 is 0. The van der Waals surface area contributed by atoms with Crippen LogP contribution in [-0.4, -0.2) is 45.6 Å². The lowest BCUT2D eigenvalue weighted by atomic mass is 9.93. The average molecular weight is 355 g/mol. The Labute approximate surface area is 137 Å². The first kappa shape index (κ1) is 17.8. The van der Waals surface area contributed by atoms with E-state index in [0.29, 0.717) is 5.56 Å². The van der Waals surface area contributed by atoms with Gasteiger partial charge in [-0.25, -0.2) is 22.3 Å². The number of esters is 1. The fourth-order valence-corrected chi connectivity index (χ4v) is 2.63. The summed E-state index contributed by atoms with van der Waals surface area (Å²) in [5.74, 6) is -1.49. The van der Waals surface area contributed by atoms with Crippen LogP contribution >= 0.6 is 0 Å². The van der Waals surface area contributed by atoms with E-state index in [1.54, 1.807) is 6.07 Å². The summed E-state index contributed by atoms with van der Waals surface area (Å²) < 4.78 is 42.8. The standard InChI is InChI=1S/C14H14FN3O5S/c1-22-13(19)14(8-17-24(2,20)21)6-12(18-23-14)9-3-4-11(15)10(5-9)7-16/h3-5,17H,6,8H2,1-2H3. The van der Waals surface area contributed by atoms with Gasteiger partial charge in [0, 0.05) is 12.0 Å². The number of rotatable bonds is 5. The first-order valence-corrected chi connectivity index (χ1v) is 8.58. The third-order valence-electron chi connectivity index (χ3n) is 3.38. The first-order valence-electron chi connectivity index (χ1n) is 6.69. The Morgan fingerprint density at radius 2 is 2.29 bits per heavy atom. The summed E-state index contributed by atoms with van der Waals surface area (Å²) in [4.78, 5) is 17.2. The zero-order valence-corrected chi connectivity index (χ0v) is 13.7. The van der Waals surface area contributed by atoms with E-state index in [1.807, 2.05) is 0 Å². The van der Waals surface area contributed by atoms with Gasteiger partial charge in [-0.05, 0) is 12.1 Å². The quantitative estimate of drug-likeness (QED) is 0.758. The van der Waals surface area contributed by atoms with Gasteiger partial charge in [0.15, 0.2) is 0 Å². The van der Waals surface area contributed by atoms with Crippen molar-refractivity contribution in [2.24, 2.45) is 5.16 Å². The van der Waals surface area contributed by atoms with Crippen molar-refractivity contribution in [1.82, 2.24) is 4.72 Å². The van der Waals surface area contributed by atoms with Gasteiger partial charge in [0.25, 0.3) is 5.60 Å². The summed E-state index contributed by atoms with van der Waals surface area (Å²) in [5, 5.41) is 12.7. The van der Waals surface area contributed by atoms with E-state index in [2.05, 4.69) is 14.6 Å². The lowest BCUT2D eigenvalue weighted by molar-refractivity contribution is -0.165. The Balaban J connectivity index is 2.28. The third-order valence-corrected chi connectivity index (χ3v) is 4.05. The molecule has 0 radical (unpaired) electrons. The van der Waals surface area contributed by atoms with Crippen molar-refractivity contribution < 1.29 is 27.2 Å². The number of halogens is 1. The molecule has 2 rings (SSSR count). The second kappa shape index (κ2) is 6.54. The first-order chi connectivity index (χ1) is 11.2. The van der Waals surface area contributed by atoms with Crippen molar-refractivity contribution in [3.05, 3.63) is 35.1 Å². The van der Waals surface area contributed by atoms with Gasteiger partial charge in [0.1, 0.15) is 11.9 Å². The summed E-state index contributed by atoms with van der Waals surface area (Å²) in [7, 11) is -2.43. The van der Waals surface area contributed by atoms with Crippen LogP contribution in [0, 0.1) is 17.1 Å². The van der Waals surface area contributed by atoms with E-state index in [0.717, 1.165) is 19.4 Å². The molecule has 1 unspecified atom stereocenters. The van der Waals surface area contributed by atoms with Crippen LogP contribution in [0.15, 0.2) is 23.4 Å². The topological polar surface area (TPSA) is 118 Å². The molecule has 1 aliphatic rings. The van der Waals surface area contributed by atoms with Crippen molar-refractivity contribution >= 4 is 21.7 Å². The average Bonchev–Trinajstić information content (AvgIpc) is 2.98. The SMILES string of the molecule is COC(=O)C1(CNS(C)(=O)=O)CC(c2ccc(F)c(C#N)c2)=NO1. The molecule has 1 aromatic rings. The predicted molar refractivity (Wildman–Crippen MR) is 80.9 cm³/mol. The second-order valence-electron chi connectivity index (χ2n) is 5.19. The molecule has 0 amide bonds. The summed E-state index contributed by atoms with van der Waals surface area (Å²) in [5.41, 5.74) is -1.18. The van der Waals surface area contributed by atoms with Crippen LogP contribution in [0.3, 0.4) is 0 Å². The van der Waals surface area contributed by atoms with Crippen LogP contribution in [0.1, 0.15) is 17.5 Å². The maximum absolute atomic E-state index is 13.4. The molecular weight excluding hydrogens is 341 g/mol. The normalized spacial score (nSPS) is 20.0. The summed E-state index contributed by atoms with van der Waals surface area (Å²) in [6.07, 6.45) is 0.840. The monoisotopic (exact) mass is 355 g/mol. The molecule has 1 aromatic carbocycles. The van der Waals surface area contributed by atoms with Crippen molar-refractivity contribution in [3.8, 4) is 6.07 Å². The minimum absolute atomic E-state index is 0.0985. The number of benzene rings is 1. The molecule has 0 bridgehead atoms. The molecule has 0 aliphatic carbocycles. The van der Waals surface area contributed by atoms with E-state index in [1.165, 1.54) is 12.1 Å². The van der Waals surface area contributed by atoms with Crippen LogP contribution < -0.4 is 4.72 Å². The molecule has 1 heterocycles. The van der Waals surface area contributed by atoms with E-state index >= 15 is 0 Å². The van der Waals surface area contributed by atoms with E-state index in [4.69, 9.17) is 10.1 Å². The second-order valence-corrected chi connectivity index (χ2v) is 7.02. The number of oxime groups is 1. The lowest BCUT2D eigenvalue weighted by Crippen LogP contribution is -2.49. The smallest absolute Gasteiger partial charge is 0.354 e. The van der Waals surface area contributed by atoms with Crippen LogP contribution in [-0.2, 0) is 24.4 Å². The fourth-order valence-electron chi connectivity index (χ4n) is 2.13. The van der Waals surface area contributed by atoms with Crippen molar-refractivity contribution in [2.45, 2.75) is 12.0 Å². The summed E-state index contributed by atoms with van der Waals surface area (Å²) in [6, 6.07) is 5.46. The number of nitriles is 1. The number of hydrogen-bond acceptors (Lipinski definition) is 7. The molecule has 1 atom stereocenters. The third kappa shape index (κ3) is 3.69. The molecule has 1 N–H and O–H groups in total. The Hall–Kier alpha value is -2.51. The van der Waals surface area contributed by atoms with Gasteiger partial charge in [-0.2, -0.15) is 5.26 Å². The fraction of sp³-hybridized carbons (Fsp3) is 0.357. The largest absolute Gasteiger partial charge is 0.466 e. The van der Waals surface area contributed by atoms with Crippen molar-refractivity contribution in [3.63, 3.8) is 0 Å². The van der Waals surface area contributed by atoms with Gasteiger partial charge in [0.2, 0.25) is 10.0 Å². The zero-order chi connectivity index (χ0) is 18.0. The number of hydrogen-bond donors (Lipinski definition) is 1. The Morgan fingerprint density at radius 3 is 2.88 bits per heavy atom. The highest BCUT2D eigenvalue weighted by molar-refractivity contribution is 7.88. The number of methoxy groups -OCH3 is 1. The minimum Gasteiger partial charge on any atom is -0.466 e. The maximum Gasteiger partial charge on any atom is 0.354 e. The molecular formula is C14H14FN3O5S. The van der Waals surface area contributed by atoms with Crippen molar-refractivity contribution in [1.29, 1.82) is 5.26 Å². The minimum atomic E-state index is -3.57. The number of sulfonamides is 1. The Kier molecular flexibility index (Phi) is 4.86. The molecule has 0 saturated carbocycles. The van der Waals surface area contributed by atoms with E-state index < -0.39 is 27.4 Å². The maximum atomic E-state index is 13.4. The highest BCUT2D eigenvalue weighted by atomic mass is 32.2. The van der Waals surface area contributed by atoms with Crippen LogP contribution in [0.5, 0.6) is 0 Å². The molecule has 1 aliphatic heterocycles. The molecule has 10 heteroatoms. The molecule has 0 aromatic heterocycles. The number of carbonyl (C=O) groups excluding carboxylic acids is 1. The molecule has 0 fully saturated rings. The number of carbonyl (C=O) groups is 1. The zero-order valence-electron chi connectivity index (χ0n) is 12.9. The predicted octanol–water partition coefficient (Wildman–Crippen LogP) is 0.283. The lowest BCUT2D eigenvalue weighted by Gasteiger charge is -2.23. The van der Waals surface area contributed by atoms with Crippen LogP contribution in [0.4, 0.5) is 4.39 Å². The van der Waals surface area contributed by atoms with Gasteiger partial charge in [-0.3, -0.25) is 0 Å². The summed E-state index contributed by atoms with van der Waals surface area (Å²) in [6.45, 7) is -0.377. The van der Waals surface area contributed by atoms with Gasteiger partial charge >= 0.3 is 5.97 Å². The molecule has 0 saturated heterocycles. The highest BCUT2D eigenvalue weighted by Gasteiger charge is 2.48. The van der Waals surface area contributed by atoms with E-state index in [-0.39, 0.29) is 24.2 Å². The molecule has 8 nitrogen and oxygen atoms in total. The Morgan fingerprint density at radius 1 is 1.58 bits per heavy atom. The van der Waals surface area contributed by atoms with Crippen LogP contribution in [0.25, 0.3) is 0 Å². The Bertz CT molecular complexity index is 846. The van der Waals surface area contributed by atoms with Gasteiger partial charge in [-0.15, -0.1) is 0 Å². The van der Waals surface area contributed by atoms with Gasteiger partial charge < -0.3 is 9.57 Å². The van der Waals surface area contributed by atoms with E-state index in [9.17, 15) is 17.6 Å². The highest BCUT2D eigenvalue weighted by Crippen LogP contribution is 2.28. The van der Waals surface area contributed by atoms with Crippen molar-refractivity contribution in [2.75, 3.05) is 19.9 Å². The van der Waals surface area contributed by atoms with Crippen LogP contribution in [0.2, 0.25) is 0 Å². The number of nitrogens with one attached hydrogen (secondary N) is 1. The number of nitrogens with zero attached hydrogens (tertiary/aromatic N) is 2. The number of ether oxygens (including phenoxy) is 1. The van der Waals surface area contributed by atoms with Gasteiger partial charge in [0.05, 0.1) is 31.2 Å². The molecule has 128 valence electrons. The molecule has 0 spiro atoms. The van der Waals surface area contributed by atoms with Gasteiger partial charge in [-0.1, -0.05) is 11.2 Å².